The van der Waals surface area contributed by atoms with Crippen LogP contribution in [0.2, 0.25) is 0 Å². The van der Waals surface area contributed by atoms with Crippen molar-refractivity contribution in [2.45, 2.75) is 6.92 Å². The molecule has 1 aromatic carbocycles. The molecule has 0 aliphatic rings. The molecule has 3 N–H and O–H groups in total. The van der Waals surface area contributed by atoms with Crippen LogP contribution in [0, 0.1) is 11.6 Å². The van der Waals surface area contributed by atoms with Crippen LogP contribution in [0.4, 0.5) is 14.5 Å². The zero-order chi connectivity index (χ0) is 16.6. The lowest BCUT2D eigenvalue weighted by Gasteiger charge is -2.07. The minimum absolute atomic E-state index is 0.00690. The number of fused-ring (bicyclic) bond motifs is 1. The van der Waals surface area contributed by atoms with Crippen molar-refractivity contribution in [3.8, 4) is 5.88 Å². The summed E-state index contributed by atoms with van der Waals surface area (Å²) in [6.45, 7) is 2.06. The average Bonchev–Trinajstić information content (AvgIpc) is 2.96. The second-order valence-corrected chi connectivity index (χ2v) is 4.69. The maximum Gasteiger partial charge on any atom is 0.226 e. The van der Waals surface area contributed by atoms with Crippen LogP contribution in [0.25, 0.3) is 11.0 Å². The Bertz CT molecular complexity index is 908. The van der Waals surface area contributed by atoms with Gasteiger partial charge in [0.25, 0.3) is 0 Å². The molecular weight excluding hydrogens is 306 g/mol. The number of ether oxygens (including phenoxy) is 1. The highest BCUT2D eigenvalue weighted by molar-refractivity contribution is 6.17. The SMILES string of the molecule is CCOc1ncnc2[nH]cc(C(=O)c3c(F)ccc(N)c3F)c12. The van der Waals surface area contributed by atoms with Crippen LogP contribution in [-0.4, -0.2) is 27.3 Å². The fourth-order valence-electron chi connectivity index (χ4n) is 2.27. The molecule has 23 heavy (non-hydrogen) atoms. The van der Waals surface area contributed by atoms with Crippen LogP contribution in [0.1, 0.15) is 22.8 Å². The van der Waals surface area contributed by atoms with E-state index < -0.39 is 23.0 Å². The van der Waals surface area contributed by atoms with Crippen LogP contribution >= 0.6 is 0 Å². The molecule has 0 saturated heterocycles. The molecule has 8 heteroatoms. The van der Waals surface area contributed by atoms with Gasteiger partial charge in [-0.15, -0.1) is 0 Å². The molecule has 0 unspecified atom stereocenters. The van der Waals surface area contributed by atoms with Gasteiger partial charge in [0.1, 0.15) is 17.8 Å². The number of hydrogen-bond donors (Lipinski definition) is 2. The van der Waals surface area contributed by atoms with Gasteiger partial charge < -0.3 is 15.5 Å². The number of carbonyl (C=O) groups is 1. The average molecular weight is 318 g/mol. The van der Waals surface area contributed by atoms with Crippen LogP contribution in [0.3, 0.4) is 0 Å². The Hall–Kier alpha value is -3.03. The molecule has 0 fully saturated rings. The van der Waals surface area contributed by atoms with Crippen molar-refractivity contribution in [3.63, 3.8) is 0 Å². The Labute approximate surface area is 129 Å². The molecule has 3 aromatic rings. The number of nitrogens with one attached hydrogen (secondary N) is 1. The summed E-state index contributed by atoms with van der Waals surface area (Å²) in [6.07, 6.45) is 2.58. The van der Waals surface area contributed by atoms with Gasteiger partial charge in [0.15, 0.2) is 5.82 Å². The molecular formula is C15H12F2N4O2. The lowest BCUT2D eigenvalue weighted by atomic mass is 10.0. The van der Waals surface area contributed by atoms with Gasteiger partial charge in [-0.05, 0) is 19.1 Å². The molecule has 0 atom stereocenters. The van der Waals surface area contributed by atoms with Crippen molar-refractivity contribution in [3.05, 3.63) is 47.4 Å². The topological polar surface area (TPSA) is 93.9 Å². The molecule has 0 bridgehead atoms. The number of benzene rings is 1. The first kappa shape index (κ1) is 14.9. The standard InChI is InChI=1S/C15H12F2N4O2/c1-2-23-15-10-7(5-19-14(10)20-6-21-15)13(22)11-8(16)3-4-9(18)12(11)17/h3-6H,2,18H2,1H3,(H,19,20,21). The molecule has 118 valence electrons. The second-order valence-electron chi connectivity index (χ2n) is 4.69. The van der Waals surface area contributed by atoms with Gasteiger partial charge >= 0.3 is 0 Å². The first-order valence-corrected chi connectivity index (χ1v) is 6.77. The minimum atomic E-state index is -1.10. The van der Waals surface area contributed by atoms with Gasteiger partial charge in [-0.25, -0.2) is 18.7 Å². The predicted octanol–water partition coefficient (Wildman–Crippen LogP) is 2.45. The van der Waals surface area contributed by atoms with E-state index in [-0.39, 0.29) is 22.5 Å². The molecule has 0 radical (unpaired) electrons. The number of ketones is 1. The summed E-state index contributed by atoms with van der Waals surface area (Å²) in [4.78, 5) is 23.3. The summed E-state index contributed by atoms with van der Waals surface area (Å²) < 4.78 is 33.4. The summed E-state index contributed by atoms with van der Waals surface area (Å²) in [5.74, 6) is -2.80. The maximum atomic E-state index is 14.1. The van der Waals surface area contributed by atoms with E-state index >= 15 is 0 Å². The van der Waals surface area contributed by atoms with Crippen molar-refractivity contribution in [1.82, 2.24) is 15.0 Å². The van der Waals surface area contributed by atoms with Crippen LogP contribution in [0.15, 0.2) is 24.7 Å². The smallest absolute Gasteiger partial charge is 0.226 e. The third-order valence-corrected chi connectivity index (χ3v) is 3.31. The zero-order valence-corrected chi connectivity index (χ0v) is 12.1. The zero-order valence-electron chi connectivity index (χ0n) is 12.1. The third kappa shape index (κ3) is 2.37. The summed E-state index contributed by atoms with van der Waals surface area (Å²) in [6, 6.07) is 2.01. The first-order chi connectivity index (χ1) is 11.0. The Balaban J connectivity index is 2.22. The fourth-order valence-corrected chi connectivity index (χ4v) is 2.27. The number of H-pyrrole nitrogens is 1. The van der Waals surface area contributed by atoms with Gasteiger partial charge in [-0.2, -0.15) is 0 Å². The normalized spacial score (nSPS) is 10.9. The lowest BCUT2D eigenvalue weighted by Crippen LogP contribution is -2.10. The molecule has 0 saturated carbocycles. The van der Waals surface area contributed by atoms with Crippen molar-refractivity contribution in [1.29, 1.82) is 0 Å². The number of carbonyl (C=O) groups excluding carboxylic acids is 1. The van der Waals surface area contributed by atoms with Gasteiger partial charge in [0.05, 0.1) is 28.8 Å². The predicted molar refractivity (Wildman–Crippen MR) is 79.3 cm³/mol. The van der Waals surface area contributed by atoms with Crippen molar-refractivity contribution in [2.75, 3.05) is 12.3 Å². The van der Waals surface area contributed by atoms with Crippen molar-refractivity contribution >= 4 is 22.5 Å². The highest BCUT2D eigenvalue weighted by Gasteiger charge is 2.25. The summed E-state index contributed by atoms with van der Waals surface area (Å²) >= 11 is 0. The second kappa shape index (κ2) is 5.64. The minimum Gasteiger partial charge on any atom is -0.477 e. The number of hydrogen-bond acceptors (Lipinski definition) is 5. The van der Waals surface area contributed by atoms with E-state index in [2.05, 4.69) is 15.0 Å². The van der Waals surface area contributed by atoms with E-state index in [1.807, 2.05) is 0 Å². The van der Waals surface area contributed by atoms with Crippen LogP contribution < -0.4 is 10.5 Å². The quantitative estimate of drug-likeness (QED) is 0.569. The number of nitrogens with zero attached hydrogens (tertiary/aromatic N) is 2. The van der Waals surface area contributed by atoms with Crippen molar-refractivity contribution < 1.29 is 18.3 Å². The molecule has 2 aromatic heterocycles. The van der Waals surface area contributed by atoms with Gasteiger partial charge in [0.2, 0.25) is 11.7 Å². The van der Waals surface area contributed by atoms with E-state index in [1.54, 1.807) is 6.92 Å². The number of aromatic nitrogens is 3. The van der Waals surface area contributed by atoms with Crippen molar-refractivity contribution in [2.24, 2.45) is 0 Å². The molecule has 0 aliphatic heterocycles. The maximum absolute atomic E-state index is 14.1. The number of rotatable bonds is 4. The van der Waals surface area contributed by atoms with Gasteiger partial charge in [-0.3, -0.25) is 4.79 Å². The van der Waals surface area contributed by atoms with E-state index in [1.165, 1.54) is 12.5 Å². The molecule has 3 rings (SSSR count). The fraction of sp³-hybridized carbons (Fsp3) is 0.133. The summed E-state index contributed by atoms with van der Waals surface area (Å²) in [7, 11) is 0. The van der Waals surface area contributed by atoms with Gasteiger partial charge in [-0.1, -0.05) is 0 Å². The highest BCUT2D eigenvalue weighted by atomic mass is 19.1. The number of halogens is 2. The highest BCUT2D eigenvalue weighted by Crippen LogP contribution is 2.29. The number of anilines is 1. The molecule has 0 spiro atoms. The number of nitrogen functional groups attached to an aromatic ring is 1. The van der Waals surface area contributed by atoms with Gasteiger partial charge in [0, 0.05) is 6.20 Å². The molecule has 2 heterocycles. The Morgan fingerprint density at radius 1 is 1.35 bits per heavy atom. The van der Waals surface area contributed by atoms with E-state index in [9.17, 15) is 13.6 Å². The third-order valence-electron chi connectivity index (χ3n) is 3.31. The van der Waals surface area contributed by atoms with Crippen LogP contribution in [-0.2, 0) is 0 Å². The monoisotopic (exact) mass is 318 g/mol. The molecule has 6 nitrogen and oxygen atoms in total. The first-order valence-electron chi connectivity index (χ1n) is 6.77. The van der Waals surface area contributed by atoms with E-state index in [0.29, 0.717) is 12.3 Å². The van der Waals surface area contributed by atoms with Crippen LogP contribution in [0.5, 0.6) is 5.88 Å². The largest absolute Gasteiger partial charge is 0.477 e. The Morgan fingerprint density at radius 2 is 2.13 bits per heavy atom. The van der Waals surface area contributed by atoms with E-state index in [4.69, 9.17) is 10.5 Å². The Kier molecular flexibility index (Phi) is 3.65. The summed E-state index contributed by atoms with van der Waals surface area (Å²) in [5.41, 5.74) is 4.72. The number of aromatic amines is 1. The number of nitrogens with two attached hydrogens (primary N) is 1. The van der Waals surface area contributed by atoms with E-state index in [0.717, 1.165) is 12.1 Å². The lowest BCUT2D eigenvalue weighted by molar-refractivity contribution is 0.103. The Morgan fingerprint density at radius 3 is 2.87 bits per heavy atom. The molecule has 0 amide bonds. The molecule has 0 aliphatic carbocycles. The summed E-state index contributed by atoms with van der Waals surface area (Å²) in [5, 5.41) is 0.264.